The van der Waals surface area contributed by atoms with Gasteiger partial charge in [0.2, 0.25) is 5.91 Å². The van der Waals surface area contributed by atoms with Gasteiger partial charge in [-0.3, -0.25) is 19.3 Å². The number of methoxy groups -OCH3 is 1. The van der Waals surface area contributed by atoms with Crippen molar-refractivity contribution in [2.24, 2.45) is 0 Å². The molecule has 3 aromatic rings. The van der Waals surface area contributed by atoms with Gasteiger partial charge in [0, 0.05) is 43.1 Å². The van der Waals surface area contributed by atoms with Crippen LogP contribution in [0.5, 0.6) is 5.75 Å². The molecule has 0 fully saturated rings. The van der Waals surface area contributed by atoms with Crippen LogP contribution in [-0.2, 0) is 11.3 Å². The standard InChI is InChI=1S/C25H24N2O4/c1-26(16-17-11-13-19(31-2)14-12-17)22(28)10-5-15-27-24(29)20-8-3-6-18-7-4-9-21(23(18)20)25(27)30/h3-4,6-9,11-14H,5,10,15-16H2,1-2H3. The van der Waals surface area contributed by atoms with Crippen LogP contribution in [0.3, 0.4) is 0 Å². The van der Waals surface area contributed by atoms with E-state index in [2.05, 4.69) is 0 Å². The van der Waals surface area contributed by atoms with Gasteiger partial charge in [-0.2, -0.15) is 0 Å². The van der Waals surface area contributed by atoms with Gasteiger partial charge in [-0.05, 0) is 41.6 Å². The van der Waals surface area contributed by atoms with Gasteiger partial charge in [0.1, 0.15) is 5.75 Å². The van der Waals surface area contributed by atoms with Crippen LogP contribution in [0, 0.1) is 0 Å². The summed E-state index contributed by atoms with van der Waals surface area (Å²) in [6, 6.07) is 18.5. The molecule has 0 spiro atoms. The van der Waals surface area contributed by atoms with Crippen molar-refractivity contribution < 1.29 is 19.1 Å². The van der Waals surface area contributed by atoms with Gasteiger partial charge in [0.15, 0.2) is 0 Å². The van der Waals surface area contributed by atoms with Crippen molar-refractivity contribution in [3.63, 3.8) is 0 Å². The average Bonchev–Trinajstić information content (AvgIpc) is 2.79. The zero-order valence-electron chi connectivity index (χ0n) is 17.6. The molecule has 0 aromatic heterocycles. The van der Waals surface area contributed by atoms with E-state index < -0.39 is 0 Å². The molecule has 6 nitrogen and oxygen atoms in total. The Kier molecular flexibility index (Phi) is 5.71. The molecule has 3 amide bonds. The van der Waals surface area contributed by atoms with Crippen LogP contribution in [0.15, 0.2) is 60.7 Å². The summed E-state index contributed by atoms with van der Waals surface area (Å²) in [7, 11) is 3.36. The number of benzene rings is 3. The van der Waals surface area contributed by atoms with Crippen LogP contribution in [0.25, 0.3) is 10.8 Å². The van der Waals surface area contributed by atoms with Gasteiger partial charge >= 0.3 is 0 Å². The van der Waals surface area contributed by atoms with E-state index in [1.165, 1.54) is 4.90 Å². The molecule has 31 heavy (non-hydrogen) atoms. The van der Waals surface area contributed by atoms with Gasteiger partial charge in [-0.15, -0.1) is 0 Å². The van der Waals surface area contributed by atoms with E-state index in [0.717, 1.165) is 16.7 Å². The number of amides is 3. The van der Waals surface area contributed by atoms with E-state index in [0.29, 0.717) is 29.5 Å². The Balaban J connectivity index is 1.37. The number of hydrogen-bond acceptors (Lipinski definition) is 4. The maximum atomic E-state index is 12.9. The Morgan fingerprint density at radius 3 is 2.13 bits per heavy atom. The molecular formula is C25H24N2O4. The van der Waals surface area contributed by atoms with Crippen molar-refractivity contribution in [2.45, 2.75) is 19.4 Å². The summed E-state index contributed by atoms with van der Waals surface area (Å²) < 4.78 is 5.15. The van der Waals surface area contributed by atoms with E-state index in [1.54, 1.807) is 31.2 Å². The van der Waals surface area contributed by atoms with Crippen molar-refractivity contribution in [2.75, 3.05) is 20.7 Å². The molecule has 1 aliphatic rings. The van der Waals surface area contributed by atoms with Crippen molar-refractivity contribution in [1.82, 2.24) is 9.80 Å². The topological polar surface area (TPSA) is 66.9 Å². The molecule has 1 heterocycles. The van der Waals surface area contributed by atoms with Crippen molar-refractivity contribution in [1.29, 1.82) is 0 Å². The van der Waals surface area contributed by atoms with Crippen molar-refractivity contribution in [3.05, 3.63) is 77.4 Å². The zero-order valence-corrected chi connectivity index (χ0v) is 17.6. The first-order valence-electron chi connectivity index (χ1n) is 10.2. The summed E-state index contributed by atoms with van der Waals surface area (Å²) in [4.78, 5) is 41.3. The molecule has 3 aromatic carbocycles. The molecule has 0 radical (unpaired) electrons. The van der Waals surface area contributed by atoms with E-state index in [1.807, 2.05) is 48.5 Å². The molecular weight excluding hydrogens is 392 g/mol. The lowest BCUT2D eigenvalue weighted by molar-refractivity contribution is -0.130. The summed E-state index contributed by atoms with van der Waals surface area (Å²) in [6.07, 6.45) is 0.678. The second-order valence-corrected chi connectivity index (χ2v) is 7.67. The SMILES string of the molecule is COc1ccc(CN(C)C(=O)CCCN2C(=O)c3cccc4cccc(c34)C2=O)cc1. The average molecular weight is 416 g/mol. The number of carbonyl (C=O) groups is 3. The van der Waals surface area contributed by atoms with Crippen LogP contribution in [0.4, 0.5) is 0 Å². The van der Waals surface area contributed by atoms with Crippen LogP contribution in [-0.4, -0.2) is 48.2 Å². The molecule has 0 bridgehead atoms. The molecule has 0 unspecified atom stereocenters. The third-order valence-corrected chi connectivity index (χ3v) is 5.63. The Hall–Kier alpha value is -3.67. The lowest BCUT2D eigenvalue weighted by Gasteiger charge is -2.27. The predicted molar refractivity (Wildman–Crippen MR) is 118 cm³/mol. The molecule has 0 saturated heterocycles. The normalized spacial score (nSPS) is 12.9. The number of hydrogen-bond donors (Lipinski definition) is 0. The summed E-state index contributed by atoms with van der Waals surface area (Å²) in [6.45, 7) is 0.699. The number of imide groups is 1. The third kappa shape index (κ3) is 4.01. The third-order valence-electron chi connectivity index (χ3n) is 5.63. The van der Waals surface area contributed by atoms with Gasteiger partial charge in [0.25, 0.3) is 11.8 Å². The van der Waals surface area contributed by atoms with E-state index in [4.69, 9.17) is 4.74 Å². The van der Waals surface area contributed by atoms with E-state index in [9.17, 15) is 14.4 Å². The lowest BCUT2D eigenvalue weighted by Crippen LogP contribution is -2.41. The minimum Gasteiger partial charge on any atom is -0.497 e. The second kappa shape index (κ2) is 8.60. The number of ether oxygens (including phenoxy) is 1. The Morgan fingerprint density at radius 1 is 0.935 bits per heavy atom. The summed E-state index contributed by atoms with van der Waals surface area (Å²) in [5, 5.41) is 1.60. The highest BCUT2D eigenvalue weighted by Gasteiger charge is 2.32. The second-order valence-electron chi connectivity index (χ2n) is 7.67. The number of nitrogens with zero attached hydrogens (tertiary/aromatic N) is 2. The molecule has 158 valence electrons. The summed E-state index contributed by atoms with van der Waals surface area (Å²) >= 11 is 0. The van der Waals surface area contributed by atoms with Gasteiger partial charge in [-0.1, -0.05) is 36.4 Å². The molecule has 0 saturated carbocycles. The highest BCUT2D eigenvalue weighted by Crippen LogP contribution is 2.30. The zero-order chi connectivity index (χ0) is 22.0. The predicted octanol–water partition coefficient (Wildman–Crippen LogP) is 3.88. The maximum Gasteiger partial charge on any atom is 0.261 e. The van der Waals surface area contributed by atoms with Crippen molar-refractivity contribution in [3.8, 4) is 5.75 Å². The van der Waals surface area contributed by atoms with Crippen LogP contribution >= 0.6 is 0 Å². The molecule has 6 heteroatoms. The van der Waals surface area contributed by atoms with Crippen LogP contribution in [0.2, 0.25) is 0 Å². The first-order chi connectivity index (χ1) is 15.0. The fourth-order valence-corrected chi connectivity index (χ4v) is 3.96. The molecule has 0 atom stereocenters. The smallest absolute Gasteiger partial charge is 0.261 e. The Morgan fingerprint density at radius 2 is 1.55 bits per heavy atom. The summed E-state index contributed by atoms with van der Waals surface area (Å²) in [5.41, 5.74) is 2.08. The minimum absolute atomic E-state index is 0.0322. The first-order valence-corrected chi connectivity index (χ1v) is 10.2. The quantitative estimate of drug-likeness (QED) is 0.548. The van der Waals surface area contributed by atoms with Gasteiger partial charge in [0.05, 0.1) is 7.11 Å². The number of rotatable bonds is 7. The number of carbonyl (C=O) groups excluding carboxylic acids is 3. The Labute approximate surface area is 181 Å². The lowest BCUT2D eigenvalue weighted by atomic mass is 9.94. The van der Waals surface area contributed by atoms with Crippen LogP contribution in [0.1, 0.15) is 39.1 Å². The Bertz CT molecular complexity index is 1100. The van der Waals surface area contributed by atoms with E-state index >= 15 is 0 Å². The monoisotopic (exact) mass is 416 g/mol. The maximum absolute atomic E-state index is 12.9. The molecule has 0 aliphatic carbocycles. The minimum atomic E-state index is -0.298. The fraction of sp³-hybridized carbons (Fsp3) is 0.240. The van der Waals surface area contributed by atoms with Crippen LogP contribution < -0.4 is 4.74 Å². The highest BCUT2D eigenvalue weighted by atomic mass is 16.5. The molecule has 0 N–H and O–H groups in total. The van der Waals surface area contributed by atoms with Gasteiger partial charge in [-0.25, -0.2) is 0 Å². The molecule has 1 aliphatic heterocycles. The van der Waals surface area contributed by atoms with Crippen molar-refractivity contribution >= 4 is 28.5 Å². The molecule has 4 rings (SSSR count). The largest absolute Gasteiger partial charge is 0.497 e. The summed E-state index contributed by atoms with van der Waals surface area (Å²) in [5.74, 6) is 0.141. The highest BCUT2D eigenvalue weighted by molar-refractivity contribution is 6.25. The van der Waals surface area contributed by atoms with Gasteiger partial charge < -0.3 is 9.64 Å². The van der Waals surface area contributed by atoms with E-state index in [-0.39, 0.29) is 30.7 Å². The first kappa shape index (κ1) is 20.6. The fourth-order valence-electron chi connectivity index (χ4n) is 3.96.